The number of nitrogens with one attached hydrogen (secondary N) is 1. The molecule has 0 aliphatic carbocycles. The van der Waals surface area contributed by atoms with Gasteiger partial charge in [-0.1, -0.05) is 12.1 Å². The van der Waals surface area contributed by atoms with Gasteiger partial charge in [0.05, 0.1) is 4.88 Å². The van der Waals surface area contributed by atoms with Gasteiger partial charge in [0.15, 0.2) is 0 Å². The first kappa shape index (κ1) is 18.5. The Morgan fingerprint density at radius 1 is 1.22 bits per heavy atom. The van der Waals surface area contributed by atoms with Crippen molar-refractivity contribution in [3.63, 3.8) is 0 Å². The van der Waals surface area contributed by atoms with Crippen molar-refractivity contribution in [2.45, 2.75) is 45.2 Å². The largest absolute Gasteiger partial charge is 0.374 e. The van der Waals surface area contributed by atoms with Crippen LogP contribution < -0.4 is 10.2 Å². The highest BCUT2D eigenvalue weighted by Crippen LogP contribution is 2.37. The number of carbonyl (C=O) groups excluding carboxylic acids is 1. The molecule has 0 unspecified atom stereocenters. The zero-order chi connectivity index (χ0) is 18.8. The van der Waals surface area contributed by atoms with Crippen molar-refractivity contribution >= 4 is 22.9 Å². The lowest BCUT2D eigenvalue weighted by Gasteiger charge is -2.29. The minimum Gasteiger partial charge on any atom is -0.374 e. The highest BCUT2D eigenvalue weighted by atomic mass is 32.1. The molecule has 0 radical (unpaired) electrons. The molecule has 0 saturated carbocycles. The summed E-state index contributed by atoms with van der Waals surface area (Å²) in [6.07, 6.45) is 4.85. The topological polar surface area (TPSA) is 35.6 Å². The second kappa shape index (κ2) is 8.03. The number of thiophene rings is 1. The van der Waals surface area contributed by atoms with Crippen LogP contribution in [0.4, 0.5) is 5.69 Å². The summed E-state index contributed by atoms with van der Waals surface area (Å²) in [5.74, 6) is 0.0529. The third-order valence-electron chi connectivity index (χ3n) is 5.76. The quantitative estimate of drug-likeness (QED) is 0.840. The molecule has 3 heterocycles. The number of aryl methyl sites for hydroxylation is 1. The maximum Gasteiger partial charge on any atom is 0.261 e. The van der Waals surface area contributed by atoms with E-state index in [9.17, 15) is 4.79 Å². The molecule has 2 aliphatic rings. The molecule has 4 nitrogen and oxygen atoms in total. The van der Waals surface area contributed by atoms with E-state index in [-0.39, 0.29) is 5.91 Å². The first-order chi connectivity index (χ1) is 13.2. The van der Waals surface area contributed by atoms with Crippen LogP contribution >= 0.6 is 11.3 Å². The Hall–Kier alpha value is -1.85. The molecule has 1 atom stereocenters. The monoisotopic (exact) mass is 383 g/mol. The van der Waals surface area contributed by atoms with Gasteiger partial charge in [0, 0.05) is 43.3 Å². The van der Waals surface area contributed by atoms with E-state index in [4.69, 9.17) is 0 Å². The van der Waals surface area contributed by atoms with Crippen LogP contribution in [-0.4, -0.2) is 37.5 Å². The third kappa shape index (κ3) is 3.90. The third-order valence-corrected chi connectivity index (χ3v) is 6.95. The predicted molar refractivity (Wildman–Crippen MR) is 113 cm³/mol. The van der Waals surface area contributed by atoms with Gasteiger partial charge in [0.1, 0.15) is 0 Å². The van der Waals surface area contributed by atoms with Crippen molar-refractivity contribution in [1.82, 2.24) is 10.2 Å². The molecule has 5 heteroatoms. The number of hydrogen-bond acceptors (Lipinski definition) is 4. The number of rotatable bonds is 5. The molecule has 0 spiro atoms. The van der Waals surface area contributed by atoms with Gasteiger partial charge in [-0.05, 0) is 68.5 Å². The van der Waals surface area contributed by atoms with Gasteiger partial charge in [-0.25, -0.2) is 0 Å². The lowest BCUT2D eigenvalue weighted by molar-refractivity contribution is 0.0960. The Bertz CT molecular complexity index is 816. The minimum atomic E-state index is 0.0529. The summed E-state index contributed by atoms with van der Waals surface area (Å²) < 4.78 is 0. The first-order valence-electron chi connectivity index (χ1n) is 10.1. The molecule has 1 saturated heterocycles. The zero-order valence-electron chi connectivity index (χ0n) is 16.3. The summed E-state index contributed by atoms with van der Waals surface area (Å²) >= 11 is 1.66. The lowest BCUT2D eigenvalue weighted by Crippen LogP contribution is -2.25. The molecular weight excluding hydrogens is 354 g/mol. The SMILES string of the molecule is CCNC(=O)c1ccc([C@H]2CCCN2Cc2ccc3c(c2)CCCN3C)s1. The maximum absolute atomic E-state index is 12.1. The Morgan fingerprint density at radius 2 is 2.11 bits per heavy atom. The maximum atomic E-state index is 12.1. The van der Waals surface area contributed by atoms with E-state index >= 15 is 0 Å². The normalized spacial score (nSPS) is 19.9. The fourth-order valence-electron chi connectivity index (χ4n) is 4.41. The highest BCUT2D eigenvalue weighted by Gasteiger charge is 2.28. The Kier molecular flexibility index (Phi) is 5.50. The Balaban J connectivity index is 1.48. The number of anilines is 1. The molecule has 144 valence electrons. The molecule has 1 fully saturated rings. The smallest absolute Gasteiger partial charge is 0.261 e. The molecule has 1 aromatic carbocycles. The van der Waals surface area contributed by atoms with Gasteiger partial charge in [-0.3, -0.25) is 9.69 Å². The number of likely N-dealkylation sites (tertiary alicyclic amines) is 1. The number of nitrogens with zero attached hydrogens (tertiary/aromatic N) is 2. The van der Waals surface area contributed by atoms with E-state index in [1.165, 1.54) is 47.4 Å². The van der Waals surface area contributed by atoms with Crippen LogP contribution in [0.5, 0.6) is 0 Å². The summed E-state index contributed by atoms with van der Waals surface area (Å²) in [7, 11) is 2.19. The van der Waals surface area contributed by atoms with Crippen LogP contribution in [0.3, 0.4) is 0 Å². The Morgan fingerprint density at radius 3 is 2.96 bits per heavy atom. The molecule has 2 aromatic rings. The van der Waals surface area contributed by atoms with Gasteiger partial charge in [0.25, 0.3) is 5.91 Å². The number of amides is 1. The van der Waals surface area contributed by atoms with Gasteiger partial charge < -0.3 is 10.2 Å². The zero-order valence-corrected chi connectivity index (χ0v) is 17.1. The van der Waals surface area contributed by atoms with E-state index in [1.54, 1.807) is 11.3 Å². The summed E-state index contributed by atoms with van der Waals surface area (Å²) in [5, 5.41) is 2.90. The minimum absolute atomic E-state index is 0.0529. The van der Waals surface area contributed by atoms with Crippen molar-refractivity contribution in [1.29, 1.82) is 0 Å². The summed E-state index contributed by atoms with van der Waals surface area (Å²) in [4.78, 5) is 19.2. The summed E-state index contributed by atoms with van der Waals surface area (Å²) in [5.41, 5.74) is 4.30. The van der Waals surface area contributed by atoms with E-state index in [2.05, 4.69) is 46.4 Å². The average Bonchev–Trinajstić information content (AvgIpc) is 3.31. The molecular formula is C22H29N3OS. The second-order valence-electron chi connectivity index (χ2n) is 7.68. The Labute approximate surface area is 166 Å². The highest BCUT2D eigenvalue weighted by molar-refractivity contribution is 7.14. The predicted octanol–water partition coefficient (Wildman–Crippen LogP) is 4.22. The van der Waals surface area contributed by atoms with E-state index < -0.39 is 0 Å². The van der Waals surface area contributed by atoms with Gasteiger partial charge >= 0.3 is 0 Å². The molecule has 27 heavy (non-hydrogen) atoms. The fourth-order valence-corrected chi connectivity index (χ4v) is 5.50. The van der Waals surface area contributed by atoms with Crippen LogP contribution in [0.15, 0.2) is 30.3 Å². The van der Waals surface area contributed by atoms with Crippen molar-refractivity contribution < 1.29 is 4.79 Å². The summed E-state index contributed by atoms with van der Waals surface area (Å²) in [6.45, 7) is 5.93. The van der Waals surface area contributed by atoms with Gasteiger partial charge in [-0.15, -0.1) is 11.3 Å². The summed E-state index contributed by atoms with van der Waals surface area (Å²) in [6, 6.07) is 11.6. The fraction of sp³-hybridized carbons (Fsp3) is 0.500. The van der Waals surface area contributed by atoms with E-state index in [1.807, 2.05) is 13.0 Å². The first-order valence-corrected chi connectivity index (χ1v) is 10.9. The van der Waals surface area contributed by atoms with Gasteiger partial charge in [0.2, 0.25) is 0 Å². The molecule has 2 aliphatic heterocycles. The van der Waals surface area contributed by atoms with Crippen molar-refractivity contribution in [3.05, 3.63) is 51.2 Å². The van der Waals surface area contributed by atoms with Crippen molar-refractivity contribution in [2.75, 3.05) is 31.6 Å². The molecule has 1 amide bonds. The average molecular weight is 384 g/mol. The second-order valence-corrected chi connectivity index (χ2v) is 8.79. The van der Waals surface area contributed by atoms with Crippen LogP contribution in [-0.2, 0) is 13.0 Å². The standard InChI is InChI=1S/C22H29N3OS/c1-3-23-22(26)21-11-10-20(27-21)19-7-5-13-25(19)15-16-8-9-18-17(14-16)6-4-12-24(18)2/h8-11,14,19H,3-7,12-13,15H2,1-2H3,(H,23,26)/t19-/m1/s1. The van der Waals surface area contributed by atoms with E-state index in [0.717, 1.165) is 24.5 Å². The molecule has 0 bridgehead atoms. The van der Waals surface area contributed by atoms with Crippen molar-refractivity contribution in [3.8, 4) is 0 Å². The van der Waals surface area contributed by atoms with E-state index in [0.29, 0.717) is 12.6 Å². The number of hydrogen-bond donors (Lipinski definition) is 1. The van der Waals surface area contributed by atoms with Crippen LogP contribution in [0, 0.1) is 0 Å². The molecule has 4 rings (SSSR count). The molecule has 1 N–H and O–H groups in total. The number of fused-ring (bicyclic) bond motifs is 1. The van der Waals surface area contributed by atoms with Crippen LogP contribution in [0.25, 0.3) is 0 Å². The number of carbonyl (C=O) groups is 1. The van der Waals surface area contributed by atoms with Gasteiger partial charge in [-0.2, -0.15) is 0 Å². The van der Waals surface area contributed by atoms with Crippen LogP contribution in [0.1, 0.15) is 57.9 Å². The molecule has 1 aromatic heterocycles. The lowest BCUT2D eigenvalue weighted by atomic mass is 9.99. The number of benzene rings is 1. The van der Waals surface area contributed by atoms with Crippen molar-refractivity contribution in [2.24, 2.45) is 0 Å². The van der Waals surface area contributed by atoms with Crippen LogP contribution in [0.2, 0.25) is 0 Å².